The highest BCUT2D eigenvalue weighted by molar-refractivity contribution is 5.24. The van der Waals surface area contributed by atoms with Gasteiger partial charge in [0.05, 0.1) is 0 Å². The highest BCUT2D eigenvalue weighted by atomic mass is 14.4. The van der Waals surface area contributed by atoms with Crippen LogP contribution in [0.1, 0.15) is 18.4 Å². The summed E-state index contributed by atoms with van der Waals surface area (Å²) in [6.07, 6.45) is 8.94. The van der Waals surface area contributed by atoms with Gasteiger partial charge in [-0.25, -0.2) is 0 Å². The second kappa shape index (κ2) is 2.68. The molecule has 0 heterocycles. The smallest absolute Gasteiger partial charge is 0.0353 e. The van der Waals surface area contributed by atoms with Crippen LogP contribution in [0.15, 0.2) is 30.3 Å². The molecule has 0 nitrogen and oxygen atoms in total. The summed E-state index contributed by atoms with van der Waals surface area (Å²) in [5, 5.41) is 0. The second-order valence-corrected chi connectivity index (χ2v) is 3.59. The summed E-state index contributed by atoms with van der Waals surface area (Å²) in [4.78, 5) is 0. The molecule has 1 aliphatic rings. The van der Waals surface area contributed by atoms with Crippen LogP contribution in [0, 0.1) is 17.8 Å². The van der Waals surface area contributed by atoms with Gasteiger partial charge in [0.1, 0.15) is 0 Å². The van der Waals surface area contributed by atoms with Crippen molar-refractivity contribution in [2.45, 2.75) is 19.3 Å². The van der Waals surface area contributed by atoms with Gasteiger partial charge in [0, 0.05) is 5.41 Å². The number of rotatable bonds is 2. The summed E-state index contributed by atoms with van der Waals surface area (Å²) in [5.74, 6) is 2.90. The predicted molar refractivity (Wildman–Crippen MR) is 50.6 cm³/mol. The Labute approximate surface area is 73.6 Å². The summed E-state index contributed by atoms with van der Waals surface area (Å²) >= 11 is 0. The minimum absolute atomic E-state index is 0.224. The van der Waals surface area contributed by atoms with Crippen LogP contribution in [-0.4, -0.2) is 0 Å². The summed E-state index contributed by atoms with van der Waals surface area (Å²) in [6.45, 7) is 0. The maximum atomic E-state index is 5.47. The lowest BCUT2D eigenvalue weighted by atomic mass is 9.98. The van der Waals surface area contributed by atoms with Crippen molar-refractivity contribution in [3.8, 4) is 12.3 Å². The van der Waals surface area contributed by atoms with Crippen LogP contribution in [0.3, 0.4) is 0 Å². The molecule has 0 N–H and O–H groups in total. The molecule has 0 amide bonds. The molecule has 60 valence electrons. The second-order valence-electron chi connectivity index (χ2n) is 3.59. The molecule has 1 aliphatic carbocycles. The summed E-state index contributed by atoms with van der Waals surface area (Å²) in [5.41, 5.74) is 1.59. The first-order valence-corrected chi connectivity index (χ1v) is 4.36. The average Bonchev–Trinajstić information content (AvgIpc) is 2.88. The van der Waals surface area contributed by atoms with E-state index < -0.39 is 0 Å². The molecule has 0 saturated heterocycles. The van der Waals surface area contributed by atoms with Gasteiger partial charge in [0.2, 0.25) is 0 Å². The summed E-state index contributed by atoms with van der Waals surface area (Å²) in [6, 6.07) is 10.5. The first-order valence-electron chi connectivity index (χ1n) is 4.36. The Balaban J connectivity index is 2.11. The Morgan fingerprint density at radius 2 is 1.92 bits per heavy atom. The van der Waals surface area contributed by atoms with Gasteiger partial charge in [0.25, 0.3) is 0 Å². The zero-order chi connectivity index (χ0) is 8.44. The molecule has 0 radical (unpaired) electrons. The first-order chi connectivity index (χ1) is 5.85. The molecule has 1 aromatic carbocycles. The molecule has 2 rings (SSSR count). The van der Waals surface area contributed by atoms with Crippen molar-refractivity contribution in [2.75, 3.05) is 0 Å². The van der Waals surface area contributed by atoms with E-state index in [2.05, 4.69) is 30.2 Å². The van der Waals surface area contributed by atoms with Crippen molar-refractivity contribution in [3.63, 3.8) is 0 Å². The van der Waals surface area contributed by atoms with Crippen molar-refractivity contribution in [1.82, 2.24) is 0 Å². The fraction of sp³-hybridized carbons (Fsp3) is 0.333. The minimum Gasteiger partial charge on any atom is -0.120 e. The maximum absolute atomic E-state index is 5.47. The topological polar surface area (TPSA) is 0 Å². The van der Waals surface area contributed by atoms with Gasteiger partial charge in [-0.2, -0.15) is 0 Å². The lowest BCUT2D eigenvalue weighted by Gasteiger charge is -2.05. The molecular formula is C12H12. The monoisotopic (exact) mass is 156 g/mol. The van der Waals surface area contributed by atoms with Gasteiger partial charge in [-0.15, -0.1) is 6.42 Å². The Kier molecular flexibility index (Phi) is 1.66. The van der Waals surface area contributed by atoms with Gasteiger partial charge in [-0.3, -0.25) is 0 Å². The fourth-order valence-electron chi connectivity index (χ4n) is 1.51. The average molecular weight is 156 g/mol. The number of terminal acetylenes is 1. The van der Waals surface area contributed by atoms with Gasteiger partial charge in [0.15, 0.2) is 0 Å². The fourth-order valence-corrected chi connectivity index (χ4v) is 1.51. The van der Waals surface area contributed by atoms with Crippen LogP contribution in [0.5, 0.6) is 0 Å². The molecule has 0 bridgehead atoms. The van der Waals surface area contributed by atoms with Crippen molar-refractivity contribution >= 4 is 0 Å². The lowest BCUT2D eigenvalue weighted by Crippen LogP contribution is -2.00. The third-order valence-electron chi connectivity index (χ3n) is 2.55. The molecular weight excluding hydrogens is 144 g/mol. The zero-order valence-electron chi connectivity index (χ0n) is 7.09. The van der Waals surface area contributed by atoms with Crippen LogP contribution in [0.25, 0.3) is 0 Å². The SMILES string of the molecule is C#CC1(Cc2ccccc2)CC1. The molecule has 0 aromatic heterocycles. The van der Waals surface area contributed by atoms with Crippen molar-refractivity contribution in [2.24, 2.45) is 5.41 Å². The molecule has 0 aliphatic heterocycles. The molecule has 0 atom stereocenters. The van der Waals surface area contributed by atoms with E-state index in [0.717, 1.165) is 6.42 Å². The molecule has 1 fully saturated rings. The van der Waals surface area contributed by atoms with E-state index in [1.807, 2.05) is 6.07 Å². The Morgan fingerprint density at radius 3 is 2.42 bits per heavy atom. The van der Waals surface area contributed by atoms with Crippen LogP contribution in [-0.2, 0) is 6.42 Å². The van der Waals surface area contributed by atoms with E-state index in [4.69, 9.17) is 6.42 Å². The normalized spacial score (nSPS) is 18.2. The van der Waals surface area contributed by atoms with Crippen LogP contribution >= 0.6 is 0 Å². The standard InChI is InChI=1S/C12H12/c1-2-12(8-9-12)10-11-6-4-3-5-7-11/h1,3-7H,8-10H2. The Morgan fingerprint density at radius 1 is 1.25 bits per heavy atom. The van der Waals surface area contributed by atoms with Gasteiger partial charge < -0.3 is 0 Å². The lowest BCUT2D eigenvalue weighted by molar-refractivity contribution is 0.676. The third-order valence-corrected chi connectivity index (χ3v) is 2.55. The largest absolute Gasteiger partial charge is 0.120 e. The van der Waals surface area contributed by atoms with Crippen LogP contribution in [0.2, 0.25) is 0 Å². The molecule has 0 spiro atoms. The van der Waals surface area contributed by atoms with E-state index in [1.165, 1.54) is 18.4 Å². The third kappa shape index (κ3) is 1.36. The van der Waals surface area contributed by atoms with E-state index in [-0.39, 0.29) is 5.41 Å². The van der Waals surface area contributed by atoms with E-state index in [1.54, 1.807) is 0 Å². The minimum atomic E-state index is 0.224. The van der Waals surface area contributed by atoms with Crippen molar-refractivity contribution in [3.05, 3.63) is 35.9 Å². The molecule has 1 saturated carbocycles. The molecule has 12 heavy (non-hydrogen) atoms. The van der Waals surface area contributed by atoms with E-state index in [9.17, 15) is 0 Å². The van der Waals surface area contributed by atoms with E-state index >= 15 is 0 Å². The molecule has 1 aromatic rings. The van der Waals surface area contributed by atoms with Crippen molar-refractivity contribution < 1.29 is 0 Å². The Bertz CT molecular complexity index is 299. The summed E-state index contributed by atoms with van der Waals surface area (Å²) in [7, 11) is 0. The quantitative estimate of drug-likeness (QED) is 0.577. The van der Waals surface area contributed by atoms with E-state index in [0.29, 0.717) is 0 Å². The number of hydrogen-bond donors (Lipinski definition) is 0. The van der Waals surface area contributed by atoms with Crippen molar-refractivity contribution in [1.29, 1.82) is 0 Å². The van der Waals surface area contributed by atoms with Gasteiger partial charge >= 0.3 is 0 Å². The number of hydrogen-bond acceptors (Lipinski definition) is 0. The van der Waals surface area contributed by atoms with Crippen LogP contribution in [0.4, 0.5) is 0 Å². The Hall–Kier alpha value is -1.22. The maximum Gasteiger partial charge on any atom is 0.0353 e. The van der Waals surface area contributed by atoms with Gasteiger partial charge in [-0.1, -0.05) is 36.3 Å². The summed E-state index contributed by atoms with van der Waals surface area (Å²) < 4.78 is 0. The van der Waals surface area contributed by atoms with Crippen LogP contribution < -0.4 is 0 Å². The first kappa shape index (κ1) is 7.43. The molecule has 0 unspecified atom stereocenters. The highest BCUT2D eigenvalue weighted by Crippen LogP contribution is 2.47. The number of benzene rings is 1. The molecule has 0 heteroatoms. The zero-order valence-corrected chi connectivity index (χ0v) is 7.09. The van der Waals surface area contributed by atoms with Gasteiger partial charge in [-0.05, 0) is 24.8 Å². The predicted octanol–water partition coefficient (Wildman–Crippen LogP) is 2.64. The highest BCUT2D eigenvalue weighted by Gasteiger charge is 2.40.